The van der Waals surface area contributed by atoms with Crippen molar-refractivity contribution < 1.29 is 8.78 Å². The van der Waals surface area contributed by atoms with Crippen molar-refractivity contribution in [3.63, 3.8) is 0 Å². The molecule has 1 nitrogen and oxygen atoms in total. The first kappa shape index (κ1) is 18.6. The van der Waals surface area contributed by atoms with Crippen LogP contribution in [0.5, 0.6) is 0 Å². The summed E-state index contributed by atoms with van der Waals surface area (Å²) in [5.41, 5.74) is 1.31. The van der Waals surface area contributed by atoms with Crippen LogP contribution in [-0.4, -0.2) is 31.5 Å². The molecular formula is C16H31F2N. The molecule has 1 atom stereocenters. The van der Waals surface area contributed by atoms with Gasteiger partial charge in [-0.05, 0) is 51.7 Å². The standard InChI is InChI=1S/C12H19F2N.2C2H6/c1-9-7-10(11(13)14)8-12(9)3-5-15(2)6-4-12;2*1-2/h7,10-11H,3-6,8H2,1-2H3;2*1-2H3. The monoisotopic (exact) mass is 275 g/mol. The van der Waals surface area contributed by atoms with E-state index in [-0.39, 0.29) is 5.41 Å². The molecule has 1 aliphatic carbocycles. The number of hydrogen-bond donors (Lipinski definition) is 0. The Hall–Kier alpha value is -0.440. The smallest absolute Gasteiger partial charge is 0.244 e. The molecule has 2 rings (SSSR count). The lowest BCUT2D eigenvalue weighted by Crippen LogP contribution is -2.38. The topological polar surface area (TPSA) is 3.24 Å². The number of rotatable bonds is 1. The van der Waals surface area contributed by atoms with E-state index >= 15 is 0 Å². The molecular weight excluding hydrogens is 244 g/mol. The minimum absolute atomic E-state index is 0.105. The largest absolute Gasteiger partial charge is 0.306 e. The molecule has 1 saturated heterocycles. The second-order valence-corrected chi connectivity index (χ2v) is 5.14. The van der Waals surface area contributed by atoms with Gasteiger partial charge in [0.1, 0.15) is 0 Å². The van der Waals surface area contributed by atoms with Gasteiger partial charge in [0.15, 0.2) is 0 Å². The number of halogens is 2. The fourth-order valence-corrected chi connectivity index (χ4v) is 2.98. The van der Waals surface area contributed by atoms with Crippen LogP contribution in [0, 0.1) is 11.3 Å². The maximum absolute atomic E-state index is 12.7. The predicted octanol–water partition coefficient (Wildman–Crippen LogP) is 4.98. The summed E-state index contributed by atoms with van der Waals surface area (Å²) in [5, 5.41) is 0. The van der Waals surface area contributed by atoms with E-state index in [1.165, 1.54) is 5.57 Å². The van der Waals surface area contributed by atoms with Gasteiger partial charge in [0.05, 0.1) is 0 Å². The quantitative estimate of drug-likeness (QED) is 0.610. The predicted molar refractivity (Wildman–Crippen MR) is 79.7 cm³/mol. The summed E-state index contributed by atoms with van der Waals surface area (Å²) >= 11 is 0. The third kappa shape index (κ3) is 4.55. The summed E-state index contributed by atoms with van der Waals surface area (Å²) in [7, 11) is 2.10. The average molecular weight is 275 g/mol. The van der Waals surface area contributed by atoms with Crippen LogP contribution in [0.1, 0.15) is 53.9 Å². The Morgan fingerprint density at radius 3 is 2.00 bits per heavy atom. The molecule has 0 radical (unpaired) electrons. The Kier molecular flexibility index (Phi) is 8.47. The molecule has 0 N–H and O–H groups in total. The fraction of sp³-hybridized carbons (Fsp3) is 0.875. The lowest BCUT2D eigenvalue weighted by Gasteiger charge is -2.39. The minimum Gasteiger partial charge on any atom is -0.306 e. The van der Waals surface area contributed by atoms with Crippen LogP contribution in [0.4, 0.5) is 8.78 Å². The Labute approximate surface area is 118 Å². The molecule has 1 fully saturated rings. The van der Waals surface area contributed by atoms with Crippen molar-refractivity contribution in [2.24, 2.45) is 11.3 Å². The molecule has 1 spiro atoms. The van der Waals surface area contributed by atoms with E-state index in [9.17, 15) is 8.78 Å². The second kappa shape index (κ2) is 8.68. The molecule has 19 heavy (non-hydrogen) atoms. The minimum atomic E-state index is -2.18. The summed E-state index contributed by atoms with van der Waals surface area (Å²) in [6, 6.07) is 0. The normalized spacial score (nSPS) is 25.3. The van der Waals surface area contributed by atoms with E-state index in [2.05, 4.69) is 11.9 Å². The summed E-state index contributed by atoms with van der Waals surface area (Å²) in [5.74, 6) is -0.492. The van der Waals surface area contributed by atoms with E-state index in [0.717, 1.165) is 25.9 Å². The number of piperidine rings is 1. The molecule has 0 amide bonds. The third-order valence-electron chi connectivity index (χ3n) is 4.19. The molecule has 0 aromatic heterocycles. The highest BCUT2D eigenvalue weighted by molar-refractivity contribution is 5.22. The van der Waals surface area contributed by atoms with E-state index < -0.39 is 12.3 Å². The average Bonchev–Trinajstić information content (AvgIpc) is 2.76. The van der Waals surface area contributed by atoms with Crippen LogP contribution in [0.3, 0.4) is 0 Å². The van der Waals surface area contributed by atoms with Gasteiger partial charge in [-0.15, -0.1) is 0 Å². The maximum Gasteiger partial charge on any atom is 0.244 e. The molecule has 114 valence electrons. The van der Waals surface area contributed by atoms with Crippen LogP contribution < -0.4 is 0 Å². The van der Waals surface area contributed by atoms with Gasteiger partial charge in [-0.3, -0.25) is 0 Å². The van der Waals surface area contributed by atoms with Gasteiger partial charge in [0, 0.05) is 5.92 Å². The fourth-order valence-electron chi connectivity index (χ4n) is 2.98. The molecule has 0 aromatic rings. The summed E-state index contributed by atoms with van der Waals surface area (Å²) in [4.78, 5) is 2.29. The lowest BCUT2D eigenvalue weighted by molar-refractivity contribution is 0.0692. The summed E-state index contributed by atoms with van der Waals surface area (Å²) < 4.78 is 25.3. The summed E-state index contributed by atoms with van der Waals surface area (Å²) in [6.45, 7) is 12.1. The molecule has 0 saturated carbocycles. The van der Waals surface area contributed by atoms with Crippen LogP contribution in [0.2, 0.25) is 0 Å². The van der Waals surface area contributed by atoms with Crippen molar-refractivity contribution in [3.05, 3.63) is 11.6 Å². The van der Waals surface area contributed by atoms with Crippen molar-refractivity contribution >= 4 is 0 Å². The molecule has 1 unspecified atom stereocenters. The molecule has 3 heteroatoms. The number of nitrogens with zero attached hydrogens (tertiary/aromatic N) is 1. The highest BCUT2D eigenvalue weighted by Gasteiger charge is 2.43. The maximum atomic E-state index is 12.7. The van der Waals surface area contributed by atoms with Crippen molar-refractivity contribution in [1.29, 1.82) is 0 Å². The van der Waals surface area contributed by atoms with Crippen molar-refractivity contribution in [2.75, 3.05) is 20.1 Å². The first-order valence-electron chi connectivity index (χ1n) is 7.69. The van der Waals surface area contributed by atoms with Crippen molar-refractivity contribution in [1.82, 2.24) is 4.90 Å². The van der Waals surface area contributed by atoms with Gasteiger partial charge >= 0.3 is 0 Å². The Morgan fingerprint density at radius 1 is 1.16 bits per heavy atom. The first-order valence-corrected chi connectivity index (χ1v) is 7.69. The van der Waals surface area contributed by atoms with Gasteiger partial charge in [-0.25, -0.2) is 8.78 Å². The van der Waals surface area contributed by atoms with Gasteiger partial charge in [-0.1, -0.05) is 39.3 Å². The molecule has 0 aromatic carbocycles. The Balaban J connectivity index is 0.000000741. The first-order chi connectivity index (χ1) is 9.03. The summed E-state index contributed by atoms with van der Waals surface area (Å²) in [6.07, 6.45) is 2.41. The van der Waals surface area contributed by atoms with E-state index in [1.54, 1.807) is 0 Å². The third-order valence-corrected chi connectivity index (χ3v) is 4.19. The zero-order chi connectivity index (χ0) is 15.1. The second-order valence-electron chi connectivity index (χ2n) is 5.14. The van der Waals surface area contributed by atoms with Crippen molar-refractivity contribution in [3.8, 4) is 0 Å². The number of hydrogen-bond acceptors (Lipinski definition) is 1. The van der Waals surface area contributed by atoms with E-state index in [1.807, 2.05) is 40.7 Å². The van der Waals surface area contributed by atoms with Crippen LogP contribution in [0.15, 0.2) is 11.6 Å². The molecule has 1 heterocycles. The van der Waals surface area contributed by atoms with E-state index in [0.29, 0.717) is 6.42 Å². The number of alkyl halides is 2. The highest BCUT2D eigenvalue weighted by atomic mass is 19.3. The van der Waals surface area contributed by atoms with E-state index in [4.69, 9.17) is 0 Å². The zero-order valence-corrected chi connectivity index (χ0v) is 13.5. The van der Waals surface area contributed by atoms with Crippen LogP contribution in [0.25, 0.3) is 0 Å². The van der Waals surface area contributed by atoms with Crippen LogP contribution in [-0.2, 0) is 0 Å². The van der Waals surface area contributed by atoms with Gasteiger partial charge in [-0.2, -0.15) is 0 Å². The molecule has 1 aliphatic heterocycles. The van der Waals surface area contributed by atoms with Gasteiger partial charge < -0.3 is 4.90 Å². The highest BCUT2D eigenvalue weighted by Crippen LogP contribution is 2.50. The zero-order valence-electron chi connectivity index (χ0n) is 13.5. The SMILES string of the molecule is CC.CC.CC1=CC(C(F)F)CC12CCN(C)CC2. The lowest BCUT2D eigenvalue weighted by atomic mass is 9.73. The van der Waals surface area contributed by atoms with Crippen molar-refractivity contribution in [2.45, 2.75) is 60.3 Å². The van der Waals surface area contributed by atoms with Gasteiger partial charge in [0.25, 0.3) is 0 Å². The number of allylic oxidation sites excluding steroid dienone is 2. The van der Waals surface area contributed by atoms with Gasteiger partial charge in [0.2, 0.25) is 6.43 Å². The Morgan fingerprint density at radius 2 is 1.63 bits per heavy atom. The Bertz CT molecular complexity index is 266. The molecule has 2 aliphatic rings. The number of likely N-dealkylation sites (tertiary alicyclic amines) is 1. The molecule has 0 bridgehead atoms. The van der Waals surface area contributed by atoms with Crippen LogP contribution >= 0.6 is 0 Å².